The first-order chi connectivity index (χ1) is 8.13. The van der Waals surface area contributed by atoms with Gasteiger partial charge >= 0.3 is 0 Å². The summed E-state index contributed by atoms with van der Waals surface area (Å²) >= 11 is 0. The normalized spacial score (nSPS) is 11.4. The van der Waals surface area contributed by atoms with E-state index in [1.165, 1.54) is 13.2 Å². The van der Waals surface area contributed by atoms with Crippen LogP contribution >= 0.6 is 0 Å². The van der Waals surface area contributed by atoms with E-state index in [0.29, 0.717) is 0 Å². The van der Waals surface area contributed by atoms with Gasteiger partial charge in [-0.05, 0) is 26.2 Å². The molecule has 1 aromatic heterocycles. The van der Waals surface area contributed by atoms with E-state index >= 15 is 0 Å². The first-order valence-corrected chi connectivity index (χ1v) is 5.47. The van der Waals surface area contributed by atoms with E-state index in [1.807, 2.05) is 14.1 Å². The van der Waals surface area contributed by atoms with Gasteiger partial charge in [0.2, 0.25) is 0 Å². The molecule has 1 heterocycles. The zero-order valence-electron chi connectivity index (χ0n) is 10.2. The number of rotatable bonds is 4. The van der Waals surface area contributed by atoms with Crippen molar-refractivity contribution in [1.82, 2.24) is 15.1 Å². The predicted octanol–water partition coefficient (Wildman–Crippen LogP) is 1.81. The Labute approximate surface area is 99.4 Å². The number of fused-ring (bicyclic) bond motifs is 1. The molecule has 1 aromatic carbocycles. The van der Waals surface area contributed by atoms with Gasteiger partial charge in [-0.2, -0.15) is 5.10 Å². The smallest absolute Gasteiger partial charge is 0.165 e. The highest BCUT2D eigenvalue weighted by Gasteiger charge is 2.14. The van der Waals surface area contributed by atoms with Crippen molar-refractivity contribution in [2.75, 3.05) is 27.7 Å². The molecule has 0 spiro atoms. The van der Waals surface area contributed by atoms with Gasteiger partial charge in [0.1, 0.15) is 0 Å². The van der Waals surface area contributed by atoms with E-state index in [-0.39, 0.29) is 11.6 Å². The SMILES string of the molecule is COc1c(F)ccc2n[nH]c(CCN(C)C)c12. The topological polar surface area (TPSA) is 41.1 Å². The lowest BCUT2D eigenvalue weighted by molar-refractivity contribution is 0.390. The fraction of sp³-hybridized carbons (Fsp3) is 0.417. The number of halogens is 1. The molecule has 2 rings (SSSR count). The average molecular weight is 237 g/mol. The molecule has 0 radical (unpaired) electrons. The van der Waals surface area contributed by atoms with Crippen LogP contribution in [0.15, 0.2) is 12.1 Å². The highest BCUT2D eigenvalue weighted by molar-refractivity contribution is 5.88. The van der Waals surface area contributed by atoms with Crippen LogP contribution in [0.3, 0.4) is 0 Å². The molecule has 0 fully saturated rings. The largest absolute Gasteiger partial charge is 0.493 e. The lowest BCUT2D eigenvalue weighted by Gasteiger charge is -2.09. The standard InChI is InChI=1S/C12H16FN3O/c1-16(2)7-6-10-11-9(14-15-10)5-4-8(13)12(11)17-3/h4-5H,6-7H2,1-3H3,(H,14,15). The van der Waals surface area contributed by atoms with Crippen molar-refractivity contribution in [3.8, 4) is 5.75 Å². The molecule has 0 aliphatic rings. The van der Waals surface area contributed by atoms with E-state index in [1.54, 1.807) is 6.07 Å². The molecule has 0 aliphatic heterocycles. The molecule has 2 aromatic rings. The highest BCUT2D eigenvalue weighted by Crippen LogP contribution is 2.30. The van der Waals surface area contributed by atoms with E-state index in [9.17, 15) is 4.39 Å². The van der Waals surface area contributed by atoms with Crippen LogP contribution in [0.4, 0.5) is 4.39 Å². The Hall–Kier alpha value is -1.62. The van der Waals surface area contributed by atoms with Crippen LogP contribution in [0.2, 0.25) is 0 Å². The minimum absolute atomic E-state index is 0.269. The average Bonchev–Trinajstić information content (AvgIpc) is 2.69. The van der Waals surface area contributed by atoms with Gasteiger partial charge in [-0.25, -0.2) is 4.39 Å². The van der Waals surface area contributed by atoms with Crippen LogP contribution in [0.25, 0.3) is 10.9 Å². The van der Waals surface area contributed by atoms with Gasteiger partial charge in [0.15, 0.2) is 11.6 Å². The molecule has 5 heteroatoms. The van der Waals surface area contributed by atoms with Gasteiger partial charge in [0.05, 0.1) is 18.0 Å². The van der Waals surface area contributed by atoms with Crippen molar-refractivity contribution in [2.24, 2.45) is 0 Å². The van der Waals surface area contributed by atoms with Crippen molar-refractivity contribution in [1.29, 1.82) is 0 Å². The number of hydrogen-bond donors (Lipinski definition) is 1. The minimum Gasteiger partial charge on any atom is -0.493 e. The number of ether oxygens (including phenoxy) is 1. The van der Waals surface area contributed by atoms with Gasteiger partial charge in [0, 0.05) is 18.7 Å². The number of methoxy groups -OCH3 is 1. The number of benzene rings is 1. The molecule has 0 unspecified atom stereocenters. The molecule has 92 valence electrons. The first-order valence-electron chi connectivity index (χ1n) is 5.47. The van der Waals surface area contributed by atoms with E-state index in [4.69, 9.17) is 4.74 Å². The van der Waals surface area contributed by atoms with E-state index in [2.05, 4.69) is 15.1 Å². The summed E-state index contributed by atoms with van der Waals surface area (Å²) < 4.78 is 18.7. The van der Waals surface area contributed by atoms with Crippen molar-refractivity contribution in [3.05, 3.63) is 23.6 Å². The lowest BCUT2D eigenvalue weighted by atomic mass is 10.1. The Morgan fingerprint density at radius 1 is 1.41 bits per heavy atom. The molecule has 4 nitrogen and oxygen atoms in total. The van der Waals surface area contributed by atoms with Crippen LogP contribution in [0.5, 0.6) is 5.75 Å². The van der Waals surface area contributed by atoms with Gasteiger partial charge in [0.25, 0.3) is 0 Å². The molecule has 0 atom stereocenters. The number of hydrogen-bond acceptors (Lipinski definition) is 3. The number of nitrogens with one attached hydrogen (secondary N) is 1. The van der Waals surface area contributed by atoms with Crippen LogP contribution in [0, 0.1) is 5.82 Å². The Morgan fingerprint density at radius 3 is 2.82 bits per heavy atom. The van der Waals surface area contributed by atoms with Gasteiger partial charge in [-0.3, -0.25) is 5.10 Å². The summed E-state index contributed by atoms with van der Waals surface area (Å²) in [6, 6.07) is 3.03. The molecule has 0 bridgehead atoms. The van der Waals surface area contributed by atoms with Crippen molar-refractivity contribution in [2.45, 2.75) is 6.42 Å². The van der Waals surface area contributed by atoms with Gasteiger partial charge < -0.3 is 9.64 Å². The van der Waals surface area contributed by atoms with Crippen LogP contribution in [-0.4, -0.2) is 42.8 Å². The number of H-pyrrole nitrogens is 1. The summed E-state index contributed by atoms with van der Waals surface area (Å²) in [7, 11) is 5.47. The van der Waals surface area contributed by atoms with Crippen molar-refractivity contribution >= 4 is 10.9 Å². The Morgan fingerprint density at radius 2 is 2.18 bits per heavy atom. The van der Waals surface area contributed by atoms with Crippen molar-refractivity contribution < 1.29 is 9.13 Å². The van der Waals surface area contributed by atoms with E-state index < -0.39 is 0 Å². The number of nitrogens with zero attached hydrogens (tertiary/aromatic N) is 2. The molecule has 0 saturated carbocycles. The van der Waals surface area contributed by atoms with Crippen LogP contribution in [0.1, 0.15) is 5.69 Å². The molecule has 0 saturated heterocycles. The van der Waals surface area contributed by atoms with E-state index in [0.717, 1.165) is 29.6 Å². The second-order valence-corrected chi connectivity index (χ2v) is 4.23. The summed E-state index contributed by atoms with van der Waals surface area (Å²) in [4.78, 5) is 2.07. The fourth-order valence-corrected chi connectivity index (χ4v) is 1.83. The number of aromatic nitrogens is 2. The summed E-state index contributed by atoms with van der Waals surface area (Å²) in [5.74, 6) is -0.0856. The van der Waals surface area contributed by atoms with Gasteiger partial charge in [-0.1, -0.05) is 0 Å². The molecule has 17 heavy (non-hydrogen) atoms. The first kappa shape index (κ1) is 11.9. The summed E-state index contributed by atoms with van der Waals surface area (Å²) in [5.41, 5.74) is 1.64. The van der Waals surface area contributed by atoms with Crippen LogP contribution in [-0.2, 0) is 6.42 Å². The maximum atomic E-state index is 13.6. The number of likely N-dealkylation sites (N-methyl/N-ethyl adjacent to an activating group) is 1. The zero-order valence-corrected chi connectivity index (χ0v) is 10.2. The van der Waals surface area contributed by atoms with Crippen molar-refractivity contribution in [3.63, 3.8) is 0 Å². The maximum absolute atomic E-state index is 13.6. The predicted molar refractivity (Wildman–Crippen MR) is 64.9 cm³/mol. The molecular formula is C12H16FN3O. The molecule has 0 aliphatic carbocycles. The maximum Gasteiger partial charge on any atom is 0.165 e. The third-order valence-electron chi connectivity index (χ3n) is 2.71. The fourth-order valence-electron chi connectivity index (χ4n) is 1.83. The summed E-state index contributed by atoms with van der Waals surface area (Å²) in [6.07, 6.45) is 0.781. The second kappa shape index (κ2) is 4.71. The Balaban J connectivity index is 2.46. The zero-order chi connectivity index (χ0) is 12.4. The summed E-state index contributed by atoms with van der Waals surface area (Å²) in [6.45, 7) is 0.872. The molecule has 0 amide bonds. The molecular weight excluding hydrogens is 221 g/mol. The molecule has 1 N–H and O–H groups in total. The monoisotopic (exact) mass is 237 g/mol. The minimum atomic E-state index is -0.354. The lowest BCUT2D eigenvalue weighted by Crippen LogP contribution is -2.15. The van der Waals surface area contributed by atoms with Gasteiger partial charge in [-0.15, -0.1) is 0 Å². The summed E-state index contributed by atoms with van der Waals surface area (Å²) in [5, 5.41) is 7.85. The Bertz CT molecular complexity index is 522. The van der Waals surface area contributed by atoms with Crippen LogP contribution < -0.4 is 4.74 Å². The third-order valence-corrected chi connectivity index (χ3v) is 2.71. The third kappa shape index (κ3) is 2.24. The number of aromatic amines is 1. The highest BCUT2D eigenvalue weighted by atomic mass is 19.1. The quantitative estimate of drug-likeness (QED) is 0.881. The Kier molecular flexibility index (Phi) is 3.28. The second-order valence-electron chi connectivity index (χ2n) is 4.23.